The molecular weight excluding hydrogens is 382 g/mol. The molecule has 3 aromatic rings. The van der Waals surface area contributed by atoms with Gasteiger partial charge in [0.15, 0.2) is 5.82 Å². The monoisotopic (exact) mass is 407 g/mol. The molecule has 0 radical (unpaired) electrons. The topological polar surface area (TPSA) is 71.8 Å². The Balaban J connectivity index is 1.66. The average Bonchev–Trinajstić information content (AvgIpc) is 3.09. The molecule has 1 aromatic heterocycles. The molecule has 0 saturated heterocycles. The molecule has 7 heteroatoms. The molecule has 0 spiro atoms. The van der Waals surface area contributed by atoms with Gasteiger partial charge in [-0.25, -0.2) is 4.68 Å². The van der Waals surface area contributed by atoms with Gasteiger partial charge in [-0.15, -0.1) is 10.2 Å². The van der Waals surface area contributed by atoms with Gasteiger partial charge < -0.3 is 10.7 Å². The first-order valence-electron chi connectivity index (χ1n) is 9.86. The fourth-order valence-corrected chi connectivity index (χ4v) is 4.75. The van der Waals surface area contributed by atoms with Crippen molar-refractivity contribution < 1.29 is 4.79 Å². The first kappa shape index (κ1) is 19.5. The van der Waals surface area contributed by atoms with Crippen LogP contribution in [0.4, 0.5) is 5.69 Å². The summed E-state index contributed by atoms with van der Waals surface area (Å²) in [5.74, 6) is 0.844. The van der Waals surface area contributed by atoms with Gasteiger partial charge in [0.05, 0.1) is 6.04 Å². The number of carbonyl (C=O) groups is 1. The van der Waals surface area contributed by atoms with Crippen LogP contribution in [0.2, 0.25) is 0 Å². The van der Waals surface area contributed by atoms with Gasteiger partial charge in [0.2, 0.25) is 11.1 Å². The van der Waals surface area contributed by atoms with E-state index in [0.29, 0.717) is 0 Å². The number of anilines is 1. The Hall–Kier alpha value is -2.80. The van der Waals surface area contributed by atoms with Crippen molar-refractivity contribution in [3.05, 3.63) is 71.0 Å². The van der Waals surface area contributed by atoms with E-state index in [2.05, 4.69) is 33.9 Å². The number of benzene rings is 2. The Labute approximate surface area is 175 Å². The van der Waals surface area contributed by atoms with E-state index < -0.39 is 0 Å². The zero-order valence-corrected chi connectivity index (χ0v) is 17.7. The molecular formula is C22H25N5OS. The number of nitrogens with one attached hydrogen (secondary N) is 2. The van der Waals surface area contributed by atoms with Crippen LogP contribution in [-0.2, 0) is 11.2 Å². The maximum absolute atomic E-state index is 13.3. The number of aromatic nitrogens is 3. The first-order valence-corrected chi connectivity index (χ1v) is 10.7. The maximum Gasteiger partial charge on any atom is 0.240 e. The van der Waals surface area contributed by atoms with Crippen LogP contribution >= 0.6 is 11.8 Å². The van der Waals surface area contributed by atoms with Crippen LogP contribution in [0, 0.1) is 13.8 Å². The second-order valence-electron chi connectivity index (χ2n) is 7.41. The minimum atomic E-state index is -0.371. The van der Waals surface area contributed by atoms with Crippen LogP contribution in [0.15, 0.2) is 53.7 Å². The van der Waals surface area contributed by atoms with Crippen molar-refractivity contribution in [1.29, 1.82) is 0 Å². The van der Waals surface area contributed by atoms with Crippen LogP contribution in [0.5, 0.6) is 0 Å². The van der Waals surface area contributed by atoms with E-state index >= 15 is 0 Å². The lowest BCUT2D eigenvalue weighted by molar-refractivity contribution is -0.116. The molecule has 2 atom stereocenters. The lowest BCUT2D eigenvalue weighted by Crippen LogP contribution is -2.41. The van der Waals surface area contributed by atoms with E-state index in [1.165, 1.54) is 11.8 Å². The van der Waals surface area contributed by atoms with Crippen molar-refractivity contribution in [2.45, 2.75) is 50.1 Å². The molecule has 150 valence electrons. The third kappa shape index (κ3) is 4.15. The lowest BCUT2D eigenvalue weighted by atomic mass is 10.0. The number of amides is 1. The molecule has 4 rings (SSSR count). The molecule has 2 N–H and O–H groups in total. The number of aryl methyl sites for hydroxylation is 3. The van der Waals surface area contributed by atoms with Crippen molar-refractivity contribution in [2.75, 3.05) is 10.7 Å². The molecule has 0 saturated carbocycles. The molecule has 1 amide bonds. The van der Waals surface area contributed by atoms with Crippen LogP contribution in [0.1, 0.15) is 41.9 Å². The SMILES string of the molecule is CCCc1nnc2n1N[C@@H](c1ccccc1)[C@@H](C(=O)Nc1cc(C)cc(C)c1)S2. The fourth-order valence-electron chi connectivity index (χ4n) is 3.65. The molecule has 0 fully saturated rings. The van der Waals surface area contributed by atoms with Gasteiger partial charge in [-0.2, -0.15) is 0 Å². The highest BCUT2D eigenvalue weighted by Gasteiger charge is 2.37. The van der Waals surface area contributed by atoms with E-state index in [-0.39, 0.29) is 17.2 Å². The van der Waals surface area contributed by atoms with E-state index in [9.17, 15) is 4.79 Å². The number of thioether (sulfide) groups is 1. The molecule has 0 bridgehead atoms. The Morgan fingerprint density at radius 1 is 1.14 bits per heavy atom. The number of rotatable bonds is 5. The van der Waals surface area contributed by atoms with Gasteiger partial charge in [-0.05, 0) is 49.1 Å². The van der Waals surface area contributed by atoms with Crippen LogP contribution in [0.25, 0.3) is 0 Å². The van der Waals surface area contributed by atoms with Crippen molar-refractivity contribution in [2.24, 2.45) is 0 Å². The zero-order valence-electron chi connectivity index (χ0n) is 16.8. The summed E-state index contributed by atoms with van der Waals surface area (Å²) in [5, 5.41) is 12.1. The van der Waals surface area contributed by atoms with Crippen molar-refractivity contribution in [1.82, 2.24) is 14.9 Å². The summed E-state index contributed by atoms with van der Waals surface area (Å²) in [4.78, 5) is 13.3. The summed E-state index contributed by atoms with van der Waals surface area (Å²) in [7, 11) is 0. The number of nitrogens with zero attached hydrogens (tertiary/aromatic N) is 3. The Bertz CT molecular complexity index is 997. The average molecular weight is 408 g/mol. The second kappa shape index (κ2) is 8.29. The first-order chi connectivity index (χ1) is 14.0. The standard InChI is InChI=1S/C22H25N5OS/c1-4-8-18-24-25-22-27(18)26-19(16-9-6-5-7-10-16)20(29-22)21(28)23-17-12-14(2)11-15(3)13-17/h5-7,9-13,19-20,26H,4,8H2,1-3H3,(H,23,28)/t19-,20-/m0/s1. The number of hydrogen-bond donors (Lipinski definition) is 2. The molecule has 29 heavy (non-hydrogen) atoms. The highest BCUT2D eigenvalue weighted by atomic mass is 32.2. The van der Waals surface area contributed by atoms with Crippen molar-refractivity contribution in [3.8, 4) is 0 Å². The van der Waals surface area contributed by atoms with E-state index in [1.807, 2.05) is 61.0 Å². The molecule has 2 aromatic carbocycles. The molecule has 1 aliphatic heterocycles. The Morgan fingerprint density at radius 3 is 2.55 bits per heavy atom. The third-order valence-electron chi connectivity index (χ3n) is 4.88. The van der Waals surface area contributed by atoms with E-state index in [1.54, 1.807) is 0 Å². The molecule has 1 aliphatic rings. The molecule has 0 aliphatic carbocycles. The van der Waals surface area contributed by atoms with Crippen LogP contribution < -0.4 is 10.7 Å². The number of carbonyl (C=O) groups excluding carboxylic acids is 1. The summed E-state index contributed by atoms with van der Waals surface area (Å²) in [6, 6.07) is 16.0. The van der Waals surface area contributed by atoms with Gasteiger partial charge >= 0.3 is 0 Å². The van der Waals surface area contributed by atoms with Crippen molar-refractivity contribution in [3.63, 3.8) is 0 Å². The minimum Gasteiger partial charge on any atom is -0.325 e. The lowest BCUT2D eigenvalue weighted by Gasteiger charge is -2.33. The van der Waals surface area contributed by atoms with Gasteiger partial charge in [0.1, 0.15) is 5.25 Å². The largest absolute Gasteiger partial charge is 0.325 e. The van der Waals surface area contributed by atoms with Crippen LogP contribution in [-0.4, -0.2) is 26.0 Å². The fraction of sp³-hybridized carbons (Fsp3) is 0.318. The van der Waals surface area contributed by atoms with Gasteiger partial charge in [0.25, 0.3) is 0 Å². The highest BCUT2D eigenvalue weighted by Crippen LogP contribution is 2.37. The highest BCUT2D eigenvalue weighted by molar-refractivity contribution is 8.00. The second-order valence-corrected chi connectivity index (χ2v) is 8.51. The summed E-state index contributed by atoms with van der Waals surface area (Å²) in [6.45, 7) is 6.18. The van der Waals surface area contributed by atoms with E-state index in [0.717, 1.165) is 46.2 Å². The molecule has 2 heterocycles. The summed E-state index contributed by atoms with van der Waals surface area (Å²) >= 11 is 1.46. The zero-order chi connectivity index (χ0) is 20.4. The van der Waals surface area contributed by atoms with Gasteiger partial charge in [0, 0.05) is 12.1 Å². The quantitative estimate of drug-likeness (QED) is 0.662. The van der Waals surface area contributed by atoms with Gasteiger partial charge in [-0.3, -0.25) is 4.79 Å². The smallest absolute Gasteiger partial charge is 0.240 e. The van der Waals surface area contributed by atoms with E-state index in [4.69, 9.17) is 0 Å². The molecule has 6 nitrogen and oxygen atoms in total. The summed E-state index contributed by atoms with van der Waals surface area (Å²) in [6.07, 6.45) is 1.82. The Kier molecular flexibility index (Phi) is 5.58. The summed E-state index contributed by atoms with van der Waals surface area (Å²) in [5.41, 5.74) is 7.62. The minimum absolute atomic E-state index is 0.0485. The summed E-state index contributed by atoms with van der Waals surface area (Å²) < 4.78 is 1.94. The predicted molar refractivity (Wildman–Crippen MR) is 117 cm³/mol. The number of hydrogen-bond acceptors (Lipinski definition) is 5. The predicted octanol–water partition coefficient (Wildman–Crippen LogP) is 4.25. The number of fused-ring (bicyclic) bond motifs is 1. The third-order valence-corrected chi connectivity index (χ3v) is 6.10. The Morgan fingerprint density at radius 2 is 1.86 bits per heavy atom. The van der Waals surface area contributed by atoms with Gasteiger partial charge in [-0.1, -0.05) is 55.1 Å². The van der Waals surface area contributed by atoms with Crippen molar-refractivity contribution >= 4 is 23.4 Å². The molecule has 0 unspecified atom stereocenters. The maximum atomic E-state index is 13.3. The van der Waals surface area contributed by atoms with Crippen LogP contribution in [0.3, 0.4) is 0 Å². The normalized spacial score (nSPS) is 18.0.